The van der Waals surface area contributed by atoms with Crippen LogP contribution < -0.4 is 4.72 Å². The van der Waals surface area contributed by atoms with Crippen LogP contribution in [0.2, 0.25) is 0 Å². The highest BCUT2D eigenvalue weighted by Gasteiger charge is 2.19. The monoisotopic (exact) mass is 409 g/mol. The quantitative estimate of drug-likeness (QED) is 0.803. The van der Waals surface area contributed by atoms with Crippen molar-refractivity contribution in [3.8, 4) is 0 Å². The van der Waals surface area contributed by atoms with Gasteiger partial charge in [-0.1, -0.05) is 6.92 Å². The van der Waals surface area contributed by atoms with Gasteiger partial charge < -0.3 is 4.98 Å². The van der Waals surface area contributed by atoms with Gasteiger partial charge in [0.1, 0.15) is 10.4 Å². The van der Waals surface area contributed by atoms with Crippen LogP contribution in [0.3, 0.4) is 0 Å². The van der Waals surface area contributed by atoms with Gasteiger partial charge in [0, 0.05) is 6.42 Å². The van der Waals surface area contributed by atoms with Crippen molar-refractivity contribution in [2.24, 2.45) is 0 Å². The minimum atomic E-state index is -3.75. The minimum absolute atomic E-state index is 0.0130. The Hall–Kier alpha value is -1.00. The van der Waals surface area contributed by atoms with Crippen LogP contribution in [0.25, 0.3) is 0 Å². The number of nitrogens with one attached hydrogen (secondary N) is 2. The van der Waals surface area contributed by atoms with E-state index in [4.69, 9.17) is 0 Å². The van der Waals surface area contributed by atoms with E-state index in [0.29, 0.717) is 21.5 Å². The van der Waals surface area contributed by atoms with E-state index in [1.807, 2.05) is 6.92 Å². The molecule has 7 nitrogen and oxygen atoms in total. The molecule has 0 aromatic carbocycles. The fourth-order valence-corrected chi connectivity index (χ4v) is 3.26. The molecule has 2 rings (SSSR count). The summed E-state index contributed by atoms with van der Waals surface area (Å²) in [6, 6.07) is 0. The van der Waals surface area contributed by atoms with Gasteiger partial charge in [0.25, 0.3) is 10.0 Å². The maximum absolute atomic E-state index is 12.1. The van der Waals surface area contributed by atoms with Gasteiger partial charge in [0.15, 0.2) is 15.4 Å². The molecular weight excluding hydrogens is 402 g/mol. The molecule has 0 aliphatic rings. The summed E-state index contributed by atoms with van der Waals surface area (Å²) in [5, 5.41) is -0.0130. The fraction of sp³-hybridized carbons (Fsp3) is 0.222. The van der Waals surface area contributed by atoms with Crippen LogP contribution in [0, 0.1) is 0 Å². The second kappa shape index (κ2) is 5.55. The van der Waals surface area contributed by atoms with E-state index < -0.39 is 10.0 Å². The van der Waals surface area contributed by atoms with E-state index in [-0.39, 0.29) is 10.8 Å². The molecule has 0 atom stereocenters. The van der Waals surface area contributed by atoms with Crippen LogP contribution in [-0.2, 0) is 16.4 Å². The molecule has 0 radical (unpaired) electrons. The van der Waals surface area contributed by atoms with Crippen LogP contribution in [0.15, 0.2) is 26.6 Å². The van der Waals surface area contributed by atoms with Crippen molar-refractivity contribution in [3.63, 3.8) is 0 Å². The first-order chi connectivity index (χ1) is 8.92. The predicted molar refractivity (Wildman–Crippen MR) is 76.2 cm³/mol. The molecule has 0 bridgehead atoms. The summed E-state index contributed by atoms with van der Waals surface area (Å²) < 4.78 is 27.3. The molecule has 2 aromatic rings. The van der Waals surface area contributed by atoms with Crippen molar-refractivity contribution in [2.45, 2.75) is 18.4 Å². The van der Waals surface area contributed by atoms with E-state index in [1.54, 1.807) is 0 Å². The Morgan fingerprint density at radius 3 is 2.63 bits per heavy atom. The van der Waals surface area contributed by atoms with Gasteiger partial charge in [-0.2, -0.15) is 8.42 Å². The van der Waals surface area contributed by atoms with E-state index in [1.165, 1.54) is 12.4 Å². The fourth-order valence-electron chi connectivity index (χ4n) is 1.26. The summed E-state index contributed by atoms with van der Waals surface area (Å²) >= 11 is 6.27. The molecule has 102 valence electrons. The predicted octanol–water partition coefficient (Wildman–Crippen LogP) is 2.09. The molecule has 0 saturated heterocycles. The topological polar surface area (TPSA) is 101 Å². The Morgan fingerprint density at radius 1 is 1.32 bits per heavy atom. The number of aromatic amines is 1. The van der Waals surface area contributed by atoms with Crippen LogP contribution in [-0.4, -0.2) is 28.4 Å². The van der Waals surface area contributed by atoms with Crippen molar-refractivity contribution in [2.75, 3.05) is 4.72 Å². The zero-order valence-electron chi connectivity index (χ0n) is 9.68. The standard InChI is InChI=1S/C9H9Br2N5O2S/c1-2-6-12-4-7(15-6)19(17,18)16-9-8(11)14-5(10)3-13-9/h3-4H,2H2,1H3,(H,12,15)(H,13,16). The number of aromatic nitrogens is 4. The lowest BCUT2D eigenvalue weighted by molar-refractivity contribution is 0.597. The van der Waals surface area contributed by atoms with E-state index in [0.717, 1.165) is 0 Å². The molecule has 2 N–H and O–H groups in total. The van der Waals surface area contributed by atoms with Crippen LogP contribution in [0.4, 0.5) is 5.82 Å². The van der Waals surface area contributed by atoms with Gasteiger partial charge in [-0.25, -0.2) is 15.0 Å². The Morgan fingerprint density at radius 2 is 2.05 bits per heavy atom. The number of H-pyrrole nitrogens is 1. The molecule has 0 spiro atoms. The summed E-state index contributed by atoms with van der Waals surface area (Å²) in [4.78, 5) is 14.6. The zero-order chi connectivity index (χ0) is 14.0. The number of hydrogen-bond donors (Lipinski definition) is 2. The molecule has 0 saturated carbocycles. The lowest BCUT2D eigenvalue weighted by Gasteiger charge is -2.06. The van der Waals surface area contributed by atoms with Crippen LogP contribution in [0.5, 0.6) is 0 Å². The zero-order valence-corrected chi connectivity index (χ0v) is 13.7. The molecule has 0 aliphatic heterocycles. The van der Waals surface area contributed by atoms with Gasteiger partial charge in [0.2, 0.25) is 0 Å². The average Bonchev–Trinajstić information content (AvgIpc) is 2.82. The van der Waals surface area contributed by atoms with Crippen molar-refractivity contribution < 1.29 is 8.42 Å². The third-order valence-corrected chi connectivity index (χ3v) is 4.34. The summed E-state index contributed by atoms with van der Waals surface area (Å²) in [7, 11) is -3.75. The number of aryl methyl sites for hydroxylation is 1. The molecule has 19 heavy (non-hydrogen) atoms. The first-order valence-electron chi connectivity index (χ1n) is 5.17. The molecule has 2 heterocycles. The molecule has 2 aromatic heterocycles. The van der Waals surface area contributed by atoms with E-state index >= 15 is 0 Å². The third kappa shape index (κ3) is 3.31. The summed E-state index contributed by atoms with van der Waals surface area (Å²) in [5.41, 5.74) is 0. The smallest absolute Gasteiger partial charge is 0.280 e. The number of imidazole rings is 1. The largest absolute Gasteiger partial charge is 0.332 e. The Labute approximate surface area is 126 Å². The summed E-state index contributed by atoms with van der Waals surface area (Å²) in [5.74, 6) is 0.706. The molecular formula is C9H9Br2N5O2S. The van der Waals surface area contributed by atoms with Gasteiger partial charge in [-0.3, -0.25) is 4.72 Å². The second-order valence-electron chi connectivity index (χ2n) is 3.49. The van der Waals surface area contributed by atoms with Crippen molar-refractivity contribution in [1.82, 2.24) is 19.9 Å². The first-order valence-corrected chi connectivity index (χ1v) is 8.24. The number of sulfonamides is 1. The second-order valence-corrected chi connectivity index (χ2v) is 6.70. The number of halogens is 2. The SMILES string of the molecule is CCc1ncc(S(=O)(=O)Nc2ncc(Br)nc2Br)[nH]1. The van der Waals surface area contributed by atoms with Crippen molar-refractivity contribution in [1.29, 1.82) is 0 Å². The Balaban J connectivity index is 2.30. The highest BCUT2D eigenvalue weighted by atomic mass is 79.9. The molecule has 0 fully saturated rings. The van der Waals surface area contributed by atoms with Gasteiger partial charge >= 0.3 is 0 Å². The van der Waals surface area contributed by atoms with Gasteiger partial charge in [0.05, 0.1) is 12.4 Å². The molecule has 0 unspecified atom stereocenters. The maximum Gasteiger partial charge on any atom is 0.280 e. The average molecular weight is 411 g/mol. The van der Waals surface area contributed by atoms with Crippen LogP contribution in [0.1, 0.15) is 12.7 Å². The lowest BCUT2D eigenvalue weighted by Crippen LogP contribution is -2.15. The number of rotatable bonds is 4. The van der Waals surface area contributed by atoms with E-state index in [2.05, 4.69) is 56.5 Å². The molecule has 10 heteroatoms. The highest BCUT2D eigenvalue weighted by Crippen LogP contribution is 2.22. The lowest BCUT2D eigenvalue weighted by atomic mass is 10.5. The van der Waals surface area contributed by atoms with Gasteiger partial charge in [-0.05, 0) is 31.9 Å². The number of nitrogens with zero attached hydrogens (tertiary/aromatic N) is 3. The minimum Gasteiger partial charge on any atom is -0.332 e. The Bertz CT molecular complexity index is 700. The summed E-state index contributed by atoms with van der Waals surface area (Å²) in [6.45, 7) is 1.87. The van der Waals surface area contributed by atoms with Crippen LogP contribution >= 0.6 is 31.9 Å². The molecule has 0 amide bonds. The normalized spacial score (nSPS) is 11.5. The number of anilines is 1. The Kier molecular flexibility index (Phi) is 4.21. The van der Waals surface area contributed by atoms with Crippen molar-refractivity contribution >= 4 is 47.7 Å². The first kappa shape index (κ1) is 14.4. The number of hydrogen-bond acceptors (Lipinski definition) is 5. The highest BCUT2D eigenvalue weighted by molar-refractivity contribution is 9.11. The van der Waals surface area contributed by atoms with Crippen molar-refractivity contribution in [3.05, 3.63) is 27.4 Å². The van der Waals surface area contributed by atoms with E-state index in [9.17, 15) is 8.42 Å². The summed E-state index contributed by atoms with van der Waals surface area (Å²) in [6.07, 6.45) is 3.28. The maximum atomic E-state index is 12.1. The van der Waals surface area contributed by atoms with Gasteiger partial charge in [-0.15, -0.1) is 0 Å². The molecule has 0 aliphatic carbocycles. The third-order valence-electron chi connectivity index (χ3n) is 2.16.